The number of halogens is 2. The smallest absolute Gasteiger partial charge is 0.276 e. The number of nitrogens with zero attached hydrogens (tertiary/aromatic N) is 11. The quantitative estimate of drug-likeness (QED) is 0.0242. The lowest BCUT2D eigenvalue weighted by Gasteiger charge is -2.39. The number of piperidine rings is 1. The average Bonchev–Trinajstić information content (AvgIpc) is 1.42. The summed E-state index contributed by atoms with van der Waals surface area (Å²) in [5.74, 6) is -0.603. The minimum atomic E-state index is -4.58. The van der Waals surface area contributed by atoms with Crippen molar-refractivity contribution in [1.29, 1.82) is 0 Å². The number of hydrogen-bond donors (Lipinski definition) is 6. The van der Waals surface area contributed by atoms with E-state index in [0.29, 0.717) is 71.2 Å². The van der Waals surface area contributed by atoms with E-state index in [4.69, 9.17) is 32.7 Å². The number of nitro groups is 2. The number of allylic oxidation sites excluding steroid dienone is 2. The third-order valence-corrected chi connectivity index (χ3v) is 29.9. The number of amides is 2. The van der Waals surface area contributed by atoms with Gasteiger partial charge in [0.15, 0.2) is 0 Å². The minimum absolute atomic E-state index is 0.0202. The minimum Gasteiger partial charge on any atom is -0.455 e. The van der Waals surface area contributed by atoms with Crippen LogP contribution in [0.4, 0.5) is 34.1 Å². The highest BCUT2D eigenvalue weighted by Crippen LogP contribution is 2.47. The number of ether oxygens (including phenoxy) is 2. The van der Waals surface area contributed by atoms with Gasteiger partial charge in [0.05, 0.1) is 54.3 Å². The van der Waals surface area contributed by atoms with Crippen molar-refractivity contribution in [3.8, 4) is 23.0 Å². The molecule has 678 valence electrons. The molecule has 2 aliphatic carbocycles. The van der Waals surface area contributed by atoms with Crippen LogP contribution in [-0.2, 0) is 32.9 Å². The van der Waals surface area contributed by atoms with Crippen molar-refractivity contribution >= 4 is 122 Å². The standard InChI is InChI=1S/C48H56ClN9O6S.C48H55ClN8O6S/c1-48(2)12-10-35(42(27-48)33-4-6-36(49)7-5-33)31-56-18-20-57(21-19-56)37-8-9-40(45(24-37)64-38-23-34-11-13-50-46(34)52-29-38)47(59)53-65(62,63)39-25-43-41(44(26-39)58(60)61)22-32(28-51-43)30-55-16-14-54(3)15-17-55;1-48(2)14-12-35(42(27-48)33-6-8-36(49)9-7-33)31-55-18-20-56(21-19-55)37-10-11-40(45(24-37)63-38-23-34-13-15-50-46(34)52-29-38)47(58)53-64(61,62)39-25-43-41(44(26-39)57(59)60)22-32(28-51-43)30-54-16-4-3-5-17-54/h4-9,11,13,23-26,29,32,51H,10,12,14-22,27-28,30-31H2,1-3H3,(H,50,52)(H,53,59);6-11,13,15,23-26,29,32,51H,3-5,12,14,16-22,27-28,30-31H2,1-2H3,(H,50,52)(H,53,58)/t2*32-/m11/s1. The number of pyridine rings is 2. The fourth-order valence-corrected chi connectivity index (χ4v) is 21.7. The highest BCUT2D eigenvalue weighted by molar-refractivity contribution is 7.90. The average molecular weight is 1830 g/mol. The maximum atomic E-state index is 14.1. The first-order valence-electron chi connectivity index (χ1n) is 44.7. The van der Waals surface area contributed by atoms with Gasteiger partial charge in [-0.3, -0.25) is 39.6 Å². The van der Waals surface area contributed by atoms with Crippen molar-refractivity contribution in [3.05, 3.63) is 233 Å². The van der Waals surface area contributed by atoms with Crippen LogP contribution in [0.5, 0.6) is 23.0 Å². The van der Waals surface area contributed by atoms with E-state index in [1.54, 1.807) is 67.1 Å². The van der Waals surface area contributed by atoms with Crippen molar-refractivity contribution in [2.24, 2.45) is 22.7 Å². The van der Waals surface area contributed by atoms with Crippen molar-refractivity contribution < 1.29 is 45.7 Å². The molecular formula is C96H111Cl2N17O12S2. The Morgan fingerprint density at radius 2 is 0.907 bits per heavy atom. The number of H-pyrrole nitrogens is 2. The van der Waals surface area contributed by atoms with Gasteiger partial charge in [0.25, 0.3) is 43.2 Å². The zero-order valence-corrected chi connectivity index (χ0v) is 76.6. The van der Waals surface area contributed by atoms with Crippen LogP contribution in [-0.4, -0.2) is 221 Å². The number of fused-ring (bicyclic) bond motifs is 4. The molecule has 4 aromatic heterocycles. The lowest BCUT2D eigenvalue weighted by Crippen LogP contribution is -2.47. The SMILES string of the molecule is CC1(C)CCC(CN2CCN(c3ccc(C(=O)NS(=O)(=O)c4cc5c(c([N+](=O)[O-])c4)C[C@@H](CN4CCCCC4)CN5)c(Oc4cnc5[nH]ccc5c4)c3)CC2)=C(c2ccc(Cl)cc2)C1.CN1CCN(C[C@H]2CNc3cc(S(=O)(=O)NC(=O)c4ccc(N5CCN(CC6=C(c7ccc(Cl)cc7)CC(C)(C)CC6)CC5)cc4Oc4cnc5[nH]ccc5c4)cc([N+](=O)[O-])c3C2)CC1. The lowest BCUT2D eigenvalue weighted by atomic mass is 9.72. The van der Waals surface area contributed by atoms with Gasteiger partial charge in [-0.15, -0.1) is 0 Å². The fourth-order valence-electron chi connectivity index (χ4n) is 19.5. The Balaban J connectivity index is 0.000000181. The number of hydrogen-bond acceptors (Lipinski definition) is 23. The summed E-state index contributed by atoms with van der Waals surface area (Å²) < 4.78 is 73.0. The zero-order valence-electron chi connectivity index (χ0n) is 73.5. The number of carbonyl (C=O) groups is 2. The number of benzene rings is 6. The number of carbonyl (C=O) groups excluding carboxylic acids is 2. The third kappa shape index (κ3) is 21.4. The summed E-state index contributed by atoms with van der Waals surface area (Å²) >= 11 is 12.5. The van der Waals surface area contributed by atoms with Gasteiger partial charge in [-0.05, 0) is 214 Å². The van der Waals surface area contributed by atoms with Crippen LogP contribution in [0, 0.1) is 42.9 Å². The second kappa shape index (κ2) is 38.2. The zero-order chi connectivity index (χ0) is 90.0. The molecule has 33 heteroatoms. The Morgan fingerprint density at radius 3 is 1.32 bits per heavy atom. The first-order valence-corrected chi connectivity index (χ1v) is 48.4. The van der Waals surface area contributed by atoms with E-state index < -0.39 is 41.7 Å². The number of nitro benzene ring substituents is 2. The van der Waals surface area contributed by atoms with Crippen LogP contribution in [0.2, 0.25) is 10.0 Å². The van der Waals surface area contributed by atoms with Gasteiger partial charge >= 0.3 is 0 Å². The molecule has 129 heavy (non-hydrogen) atoms. The summed E-state index contributed by atoms with van der Waals surface area (Å²) in [5, 5.41) is 34.4. The number of likely N-dealkylation sites (N-methyl/N-ethyl adjacent to an activating group) is 1. The predicted molar refractivity (Wildman–Crippen MR) is 506 cm³/mol. The van der Waals surface area contributed by atoms with E-state index in [0.717, 1.165) is 213 Å². The van der Waals surface area contributed by atoms with E-state index in [1.165, 1.54) is 58.2 Å². The molecular weight excluding hydrogens is 1720 g/mol. The van der Waals surface area contributed by atoms with Crippen LogP contribution >= 0.6 is 23.2 Å². The summed E-state index contributed by atoms with van der Waals surface area (Å²) in [6, 6.07) is 38.8. The molecule has 8 aliphatic rings. The Labute approximate surface area is 762 Å². The number of sulfonamides is 2. The molecule has 6 aliphatic heterocycles. The molecule has 10 heterocycles. The fraction of sp³-hybridized carbons (Fsp3) is 0.417. The van der Waals surface area contributed by atoms with Crippen LogP contribution < -0.4 is 39.4 Å². The van der Waals surface area contributed by atoms with Gasteiger partial charge in [0, 0.05) is 198 Å². The number of aromatic nitrogens is 4. The molecule has 6 aromatic carbocycles. The Bertz CT molecular complexity index is 6190. The summed E-state index contributed by atoms with van der Waals surface area (Å²) in [4.78, 5) is 82.7. The second-order valence-electron chi connectivity index (χ2n) is 37.3. The first-order chi connectivity index (χ1) is 61.9. The monoisotopic (exact) mass is 1830 g/mol. The van der Waals surface area contributed by atoms with E-state index in [-0.39, 0.29) is 66.5 Å². The highest BCUT2D eigenvalue weighted by atomic mass is 35.5. The number of aromatic amines is 2. The summed E-state index contributed by atoms with van der Waals surface area (Å²) in [5.41, 5.74) is 12.7. The molecule has 0 spiro atoms. The molecule has 4 fully saturated rings. The normalized spacial score (nSPS) is 19.7. The third-order valence-electron chi connectivity index (χ3n) is 26.8. The number of piperazine rings is 3. The van der Waals surface area contributed by atoms with E-state index >= 15 is 0 Å². The van der Waals surface area contributed by atoms with Gasteiger partial charge < -0.3 is 54.6 Å². The Hall–Kier alpha value is -11.0. The lowest BCUT2D eigenvalue weighted by molar-refractivity contribution is -0.385. The van der Waals surface area contributed by atoms with Gasteiger partial charge in [0.2, 0.25) is 0 Å². The van der Waals surface area contributed by atoms with E-state index in [2.05, 4.69) is 133 Å². The number of anilines is 4. The van der Waals surface area contributed by atoms with Gasteiger partial charge in [0.1, 0.15) is 34.3 Å². The van der Waals surface area contributed by atoms with Crippen LogP contribution in [0.1, 0.15) is 128 Å². The van der Waals surface area contributed by atoms with Crippen LogP contribution in [0.15, 0.2) is 179 Å². The van der Waals surface area contributed by atoms with E-state index in [9.17, 15) is 46.7 Å². The molecule has 0 saturated carbocycles. The van der Waals surface area contributed by atoms with Crippen molar-refractivity contribution in [1.82, 2.24) is 53.9 Å². The first kappa shape index (κ1) is 90.0. The highest BCUT2D eigenvalue weighted by Gasteiger charge is 2.38. The molecule has 2 amide bonds. The molecule has 18 rings (SSSR count). The predicted octanol–water partition coefficient (Wildman–Crippen LogP) is 16.5. The Morgan fingerprint density at radius 1 is 0.504 bits per heavy atom. The molecule has 0 bridgehead atoms. The Kier molecular flexibility index (Phi) is 26.6. The number of rotatable bonds is 24. The molecule has 10 aromatic rings. The topological polar surface area (TPSA) is 335 Å². The maximum absolute atomic E-state index is 14.1. The largest absolute Gasteiger partial charge is 0.455 e. The number of likely N-dealkylation sites (tertiary alicyclic amines) is 1. The molecule has 4 saturated heterocycles. The van der Waals surface area contributed by atoms with Crippen LogP contribution in [0.3, 0.4) is 0 Å². The van der Waals surface area contributed by atoms with Crippen LogP contribution in [0.25, 0.3) is 33.2 Å². The molecule has 2 atom stereocenters. The second-order valence-corrected chi connectivity index (χ2v) is 41.5. The summed E-state index contributed by atoms with van der Waals surface area (Å²) in [7, 11) is -7.06. The summed E-state index contributed by atoms with van der Waals surface area (Å²) in [6.07, 6.45) is 17.4. The molecule has 0 radical (unpaired) electrons. The van der Waals surface area contributed by atoms with Crippen molar-refractivity contribution in [2.75, 3.05) is 158 Å². The van der Waals surface area contributed by atoms with Gasteiger partial charge in [-0.2, -0.15) is 0 Å². The molecule has 29 nitrogen and oxygen atoms in total. The van der Waals surface area contributed by atoms with Crippen molar-refractivity contribution in [3.63, 3.8) is 0 Å². The molecule has 0 unspecified atom stereocenters. The van der Waals surface area contributed by atoms with Gasteiger partial charge in [-0.1, -0.05) is 92.7 Å². The summed E-state index contributed by atoms with van der Waals surface area (Å²) in [6.45, 7) is 25.9. The van der Waals surface area contributed by atoms with E-state index in [1.807, 2.05) is 36.4 Å². The molecule has 6 N–H and O–H groups in total. The van der Waals surface area contributed by atoms with Gasteiger partial charge in [-0.25, -0.2) is 36.2 Å². The van der Waals surface area contributed by atoms with Crippen molar-refractivity contribution in [2.45, 2.75) is 108 Å². The number of nitrogens with one attached hydrogen (secondary N) is 6. The maximum Gasteiger partial charge on any atom is 0.276 e.